The van der Waals surface area contributed by atoms with E-state index in [0.29, 0.717) is 18.8 Å². The molecule has 2 aliphatic rings. The molecule has 1 unspecified atom stereocenters. The van der Waals surface area contributed by atoms with Gasteiger partial charge in [0.2, 0.25) is 0 Å². The third-order valence-electron chi connectivity index (χ3n) is 5.93. The van der Waals surface area contributed by atoms with Gasteiger partial charge in [-0.2, -0.15) is 13.2 Å². The molecule has 1 atom stereocenters. The summed E-state index contributed by atoms with van der Waals surface area (Å²) < 4.78 is 45.5. The van der Waals surface area contributed by atoms with Crippen LogP contribution in [0.15, 0.2) is 59.2 Å². The number of ether oxygens (including phenoxy) is 1. The molecule has 2 aromatic rings. The molecule has 2 N–H and O–H groups in total. The quantitative estimate of drug-likeness (QED) is 0.610. The first-order valence-electron chi connectivity index (χ1n) is 11.0. The molecular weight excluding hydrogens is 447 g/mol. The van der Waals surface area contributed by atoms with E-state index in [1.165, 1.54) is 12.1 Å². The zero-order valence-electron chi connectivity index (χ0n) is 18.7. The summed E-state index contributed by atoms with van der Waals surface area (Å²) in [7, 11) is 0. The fraction of sp³-hybridized carbons (Fsp3) is 0.360. The summed E-state index contributed by atoms with van der Waals surface area (Å²) in [5.74, 6) is -0.327. The number of aliphatic imine (C=N–C) groups is 1. The average Bonchev–Trinajstić information content (AvgIpc) is 2.80. The van der Waals surface area contributed by atoms with Crippen molar-refractivity contribution < 1.29 is 27.8 Å². The van der Waals surface area contributed by atoms with Crippen LogP contribution in [0.4, 0.5) is 13.2 Å². The molecule has 0 radical (unpaired) electrons. The number of rotatable bonds is 7. The molecule has 180 valence electrons. The SMILES string of the molecule is Cc1ccc(C(F)(F)F)c(COc2ccc(C3N=C4CCN(CCC(=O)O)CC4=CN3)cc2)c1. The number of aryl methyl sites for hydroxylation is 1. The van der Waals surface area contributed by atoms with Crippen LogP contribution in [-0.2, 0) is 17.6 Å². The van der Waals surface area contributed by atoms with Crippen LogP contribution >= 0.6 is 0 Å². The Balaban J connectivity index is 1.37. The topological polar surface area (TPSA) is 74.2 Å². The van der Waals surface area contributed by atoms with Gasteiger partial charge >= 0.3 is 12.1 Å². The van der Waals surface area contributed by atoms with Crippen LogP contribution in [-0.4, -0.2) is 41.3 Å². The standard InChI is InChI=1S/C25H26F3N3O3/c1-16-2-7-21(25(26,27)28)18(12-16)15-34-20-5-3-17(4-6-20)24-29-13-19-14-31(11-9-23(32)33)10-8-22(19)30-24/h2-7,12-13,24,29H,8-11,14-15H2,1H3,(H,32,33). The van der Waals surface area contributed by atoms with Gasteiger partial charge in [-0.1, -0.05) is 29.8 Å². The van der Waals surface area contributed by atoms with Gasteiger partial charge in [0.25, 0.3) is 0 Å². The predicted octanol–water partition coefficient (Wildman–Crippen LogP) is 4.70. The molecule has 2 heterocycles. The van der Waals surface area contributed by atoms with Gasteiger partial charge in [0.05, 0.1) is 12.0 Å². The molecule has 0 amide bonds. The Morgan fingerprint density at radius 1 is 1.24 bits per heavy atom. The van der Waals surface area contributed by atoms with E-state index in [1.807, 2.05) is 18.3 Å². The minimum Gasteiger partial charge on any atom is -0.489 e. The van der Waals surface area contributed by atoms with Crippen molar-refractivity contribution in [3.63, 3.8) is 0 Å². The van der Waals surface area contributed by atoms with Gasteiger partial charge in [0.1, 0.15) is 18.5 Å². The number of fused-ring (bicyclic) bond motifs is 1. The zero-order chi connectivity index (χ0) is 24.3. The van der Waals surface area contributed by atoms with Gasteiger partial charge in [-0.15, -0.1) is 0 Å². The van der Waals surface area contributed by atoms with Gasteiger partial charge in [-0.05, 0) is 30.7 Å². The maximum Gasteiger partial charge on any atom is 0.416 e. The van der Waals surface area contributed by atoms with Crippen LogP contribution in [0.2, 0.25) is 0 Å². The third-order valence-corrected chi connectivity index (χ3v) is 5.93. The molecule has 0 spiro atoms. The highest BCUT2D eigenvalue weighted by Crippen LogP contribution is 2.33. The first kappa shape index (κ1) is 23.8. The Morgan fingerprint density at radius 2 is 2.00 bits per heavy atom. The summed E-state index contributed by atoms with van der Waals surface area (Å²) in [6.07, 6.45) is -1.89. The van der Waals surface area contributed by atoms with Crippen molar-refractivity contribution in [2.45, 2.75) is 38.7 Å². The number of benzene rings is 2. The van der Waals surface area contributed by atoms with E-state index < -0.39 is 17.7 Å². The minimum absolute atomic E-state index is 0.101. The molecule has 1 fully saturated rings. The van der Waals surface area contributed by atoms with Gasteiger partial charge in [0.15, 0.2) is 0 Å². The number of piperidine rings is 1. The lowest BCUT2D eigenvalue weighted by atomic mass is 10.0. The van der Waals surface area contributed by atoms with Crippen molar-refractivity contribution in [2.24, 2.45) is 4.99 Å². The normalized spacial score (nSPS) is 18.4. The van der Waals surface area contributed by atoms with Gasteiger partial charge in [-0.25, -0.2) is 0 Å². The highest BCUT2D eigenvalue weighted by atomic mass is 19.4. The summed E-state index contributed by atoms with van der Waals surface area (Å²) in [5.41, 5.74) is 3.14. The second-order valence-corrected chi connectivity index (χ2v) is 8.50. The van der Waals surface area contributed by atoms with Crippen LogP contribution in [0.3, 0.4) is 0 Å². The van der Waals surface area contributed by atoms with E-state index >= 15 is 0 Å². The summed E-state index contributed by atoms with van der Waals surface area (Å²) in [5, 5.41) is 12.1. The highest BCUT2D eigenvalue weighted by molar-refractivity contribution is 6.02. The first-order chi connectivity index (χ1) is 16.2. The van der Waals surface area contributed by atoms with Crippen molar-refractivity contribution >= 4 is 11.7 Å². The molecule has 4 rings (SSSR count). The summed E-state index contributed by atoms with van der Waals surface area (Å²) in [6.45, 7) is 3.51. The van der Waals surface area contributed by atoms with Crippen LogP contribution in [0.1, 0.15) is 41.3 Å². The van der Waals surface area contributed by atoms with Crippen LogP contribution in [0.5, 0.6) is 5.75 Å². The lowest BCUT2D eigenvalue weighted by molar-refractivity contribution is -0.139. The molecular formula is C25H26F3N3O3. The largest absolute Gasteiger partial charge is 0.489 e. The molecule has 2 aromatic carbocycles. The Kier molecular flexibility index (Phi) is 6.92. The monoisotopic (exact) mass is 473 g/mol. The van der Waals surface area contributed by atoms with E-state index in [2.05, 4.69) is 10.2 Å². The second-order valence-electron chi connectivity index (χ2n) is 8.50. The van der Waals surface area contributed by atoms with Crippen molar-refractivity contribution in [3.05, 3.63) is 76.5 Å². The van der Waals surface area contributed by atoms with Crippen molar-refractivity contribution in [2.75, 3.05) is 19.6 Å². The Morgan fingerprint density at radius 3 is 2.71 bits per heavy atom. The lowest BCUT2D eigenvalue weighted by Crippen LogP contribution is -2.39. The first-order valence-corrected chi connectivity index (χ1v) is 11.0. The van der Waals surface area contributed by atoms with Gasteiger partial charge in [0, 0.05) is 49.1 Å². The summed E-state index contributed by atoms with van der Waals surface area (Å²) >= 11 is 0. The summed E-state index contributed by atoms with van der Waals surface area (Å²) in [6, 6.07) is 11.2. The minimum atomic E-state index is -4.43. The van der Waals surface area contributed by atoms with Gasteiger partial charge in [-0.3, -0.25) is 14.7 Å². The van der Waals surface area contributed by atoms with E-state index in [4.69, 9.17) is 14.8 Å². The molecule has 0 bridgehead atoms. The number of alkyl halides is 3. The van der Waals surface area contributed by atoms with E-state index in [-0.39, 0.29) is 24.8 Å². The molecule has 6 nitrogen and oxygen atoms in total. The number of carboxylic acids is 1. The predicted molar refractivity (Wildman–Crippen MR) is 122 cm³/mol. The maximum absolute atomic E-state index is 13.3. The Bertz CT molecular complexity index is 1110. The van der Waals surface area contributed by atoms with E-state index in [0.717, 1.165) is 41.4 Å². The number of likely N-dealkylation sites (tertiary alicyclic amines) is 1. The third kappa shape index (κ3) is 5.77. The molecule has 1 saturated heterocycles. The van der Waals surface area contributed by atoms with Crippen molar-refractivity contribution in [3.8, 4) is 5.75 Å². The zero-order valence-corrected chi connectivity index (χ0v) is 18.7. The number of hydrogen-bond acceptors (Lipinski definition) is 5. The number of carboxylic acid groups (broad SMARTS) is 1. The number of aliphatic carboxylic acids is 1. The Hall–Kier alpha value is -3.33. The number of hydrogen-bond donors (Lipinski definition) is 2. The van der Waals surface area contributed by atoms with Crippen LogP contribution in [0.25, 0.3) is 0 Å². The molecule has 9 heteroatoms. The van der Waals surface area contributed by atoms with Crippen LogP contribution in [0, 0.1) is 6.92 Å². The average molecular weight is 473 g/mol. The number of nitrogens with one attached hydrogen (secondary N) is 1. The fourth-order valence-corrected chi connectivity index (χ4v) is 4.13. The molecule has 0 saturated carbocycles. The molecule has 0 aliphatic carbocycles. The van der Waals surface area contributed by atoms with E-state index in [1.54, 1.807) is 19.1 Å². The highest BCUT2D eigenvalue weighted by Gasteiger charge is 2.33. The number of nitrogens with zero attached hydrogens (tertiary/aromatic N) is 2. The number of carbonyl (C=O) groups is 1. The maximum atomic E-state index is 13.3. The van der Waals surface area contributed by atoms with Crippen molar-refractivity contribution in [1.82, 2.24) is 10.2 Å². The summed E-state index contributed by atoms with van der Waals surface area (Å²) in [4.78, 5) is 17.7. The molecule has 0 aromatic heterocycles. The Labute approximate surface area is 195 Å². The smallest absolute Gasteiger partial charge is 0.416 e. The number of halogens is 3. The molecule has 2 aliphatic heterocycles. The lowest BCUT2D eigenvalue weighted by Gasteiger charge is -2.32. The van der Waals surface area contributed by atoms with Gasteiger partial charge < -0.3 is 15.2 Å². The van der Waals surface area contributed by atoms with Crippen molar-refractivity contribution in [1.29, 1.82) is 0 Å². The second kappa shape index (κ2) is 9.89. The fourth-order valence-electron chi connectivity index (χ4n) is 4.13. The van der Waals surface area contributed by atoms with E-state index in [9.17, 15) is 18.0 Å². The van der Waals surface area contributed by atoms with Crippen LogP contribution < -0.4 is 10.1 Å². The molecule has 34 heavy (non-hydrogen) atoms.